The average molecular weight is 231 g/mol. The Balaban J connectivity index is 1.75. The summed E-state index contributed by atoms with van der Waals surface area (Å²) >= 11 is 0. The Labute approximate surface area is 101 Å². The number of pyridine rings is 1. The molecule has 1 aromatic rings. The number of nitrogens with zero attached hydrogens (tertiary/aromatic N) is 1. The highest BCUT2D eigenvalue weighted by Crippen LogP contribution is 2.07. The molecule has 4 nitrogen and oxygen atoms in total. The van der Waals surface area contributed by atoms with Gasteiger partial charge in [-0.2, -0.15) is 0 Å². The van der Waals surface area contributed by atoms with Crippen molar-refractivity contribution in [2.75, 3.05) is 19.6 Å². The third kappa shape index (κ3) is 3.67. The maximum absolute atomic E-state index is 11.7. The van der Waals surface area contributed by atoms with E-state index >= 15 is 0 Å². The van der Waals surface area contributed by atoms with Gasteiger partial charge in [-0.25, -0.2) is 0 Å². The van der Waals surface area contributed by atoms with Gasteiger partial charge in [0.25, 0.3) is 5.91 Å². The first-order chi connectivity index (χ1) is 8.36. The van der Waals surface area contributed by atoms with Gasteiger partial charge in [0.05, 0.1) is 0 Å². The van der Waals surface area contributed by atoms with E-state index in [1.165, 1.54) is 5.57 Å². The lowest BCUT2D eigenvalue weighted by Crippen LogP contribution is -2.27. The summed E-state index contributed by atoms with van der Waals surface area (Å²) in [5.74, 6) is -0.0971. The number of aromatic nitrogens is 1. The molecule has 17 heavy (non-hydrogen) atoms. The monoisotopic (exact) mass is 231 g/mol. The number of carbonyl (C=O) groups excluding carboxylic acids is 1. The van der Waals surface area contributed by atoms with E-state index in [1.54, 1.807) is 18.3 Å². The van der Waals surface area contributed by atoms with Crippen molar-refractivity contribution in [2.45, 2.75) is 12.8 Å². The quantitative estimate of drug-likeness (QED) is 0.764. The Hall–Kier alpha value is -1.68. The number of rotatable bonds is 4. The van der Waals surface area contributed by atoms with Crippen LogP contribution in [0, 0.1) is 0 Å². The van der Waals surface area contributed by atoms with Crippen molar-refractivity contribution in [2.24, 2.45) is 0 Å². The molecular weight excluding hydrogens is 214 g/mol. The SMILES string of the molecule is O=C(NCCC1=CCNCC1)c1ccccn1. The second-order valence-corrected chi connectivity index (χ2v) is 4.04. The van der Waals surface area contributed by atoms with Crippen molar-refractivity contribution < 1.29 is 4.79 Å². The first kappa shape index (κ1) is 11.8. The Bertz CT molecular complexity index is 400. The largest absolute Gasteiger partial charge is 0.350 e. The second kappa shape index (κ2) is 6.15. The van der Waals surface area contributed by atoms with Gasteiger partial charge >= 0.3 is 0 Å². The Morgan fingerprint density at radius 1 is 1.47 bits per heavy atom. The van der Waals surface area contributed by atoms with Gasteiger partial charge in [-0.05, 0) is 31.5 Å². The number of hydrogen-bond donors (Lipinski definition) is 2. The summed E-state index contributed by atoms with van der Waals surface area (Å²) in [6, 6.07) is 5.34. The molecule has 0 unspecified atom stereocenters. The predicted molar refractivity (Wildman–Crippen MR) is 66.8 cm³/mol. The van der Waals surface area contributed by atoms with Crippen LogP contribution in [-0.2, 0) is 0 Å². The molecule has 1 aliphatic rings. The number of amides is 1. The maximum Gasteiger partial charge on any atom is 0.269 e. The average Bonchev–Trinajstić information content (AvgIpc) is 2.41. The van der Waals surface area contributed by atoms with Crippen molar-refractivity contribution in [1.29, 1.82) is 0 Å². The van der Waals surface area contributed by atoms with Gasteiger partial charge in [-0.3, -0.25) is 9.78 Å². The zero-order chi connectivity index (χ0) is 11.9. The van der Waals surface area contributed by atoms with Gasteiger partial charge in [0.2, 0.25) is 0 Å². The maximum atomic E-state index is 11.7. The van der Waals surface area contributed by atoms with E-state index in [2.05, 4.69) is 21.7 Å². The number of nitrogens with one attached hydrogen (secondary N) is 2. The fourth-order valence-electron chi connectivity index (χ4n) is 1.82. The van der Waals surface area contributed by atoms with Crippen LogP contribution in [-0.4, -0.2) is 30.5 Å². The summed E-state index contributed by atoms with van der Waals surface area (Å²) in [5, 5.41) is 6.15. The lowest BCUT2D eigenvalue weighted by molar-refractivity contribution is 0.0949. The van der Waals surface area contributed by atoms with Crippen LogP contribution in [0.15, 0.2) is 36.0 Å². The first-order valence-electron chi connectivity index (χ1n) is 5.94. The molecule has 90 valence electrons. The van der Waals surface area contributed by atoms with Gasteiger partial charge in [-0.1, -0.05) is 17.7 Å². The summed E-state index contributed by atoms with van der Waals surface area (Å²) in [7, 11) is 0. The molecule has 0 atom stereocenters. The van der Waals surface area contributed by atoms with Crippen LogP contribution < -0.4 is 10.6 Å². The normalized spacial score (nSPS) is 15.2. The summed E-state index contributed by atoms with van der Waals surface area (Å²) < 4.78 is 0. The second-order valence-electron chi connectivity index (χ2n) is 4.04. The topological polar surface area (TPSA) is 54.0 Å². The molecule has 2 N–H and O–H groups in total. The molecule has 0 fully saturated rings. The van der Waals surface area contributed by atoms with E-state index in [0.717, 1.165) is 25.9 Å². The van der Waals surface area contributed by atoms with Crippen molar-refractivity contribution in [1.82, 2.24) is 15.6 Å². The van der Waals surface area contributed by atoms with Gasteiger partial charge in [0, 0.05) is 19.3 Å². The molecule has 0 aromatic carbocycles. The minimum atomic E-state index is -0.0971. The zero-order valence-corrected chi connectivity index (χ0v) is 9.78. The zero-order valence-electron chi connectivity index (χ0n) is 9.78. The molecule has 0 radical (unpaired) electrons. The van der Waals surface area contributed by atoms with E-state index < -0.39 is 0 Å². The molecule has 0 saturated heterocycles. The molecule has 0 spiro atoms. The Kier molecular flexibility index (Phi) is 4.27. The summed E-state index contributed by atoms with van der Waals surface area (Å²) in [6.07, 6.45) is 5.85. The van der Waals surface area contributed by atoms with Crippen molar-refractivity contribution >= 4 is 5.91 Å². The van der Waals surface area contributed by atoms with E-state index in [4.69, 9.17) is 0 Å². The highest BCUT2D eigenvalue weighted by Gasteiger charge is 2.06. The van der Waals surface area contributed by atoms with Crippen LogP contribution in [0.3, 0.4) is 0 Å². The molecular formula is C13H17N3O. The fourth-order valence-corrected chi connectivity index (χ4v) is 1.82. The molecule has 4 heteroatoms. The van der Waals surface area contributed by atoms with Crippen LogP contribution in [0.25, 0.3) is 0 Å². The van der Waals surface area contributed by atoms with E-state index in [-0.39, 0.29) is 5.91 Å². The van der Waals surface area contributed by atoms with Gasteiger partial charge in [-0.15, -0.1) is 0 Å². The third-order valence-corrected chi connectivity index (χ3v) is 2.79. The molecule has 0 aliphatic carbocycles. The van der Waals surface area contributed by atoms with Crippen LogP contribution in [0.1, 0.15) is 23.3 Å². The van der Waals surface area contributed by atoms with Crippen molar-refractivity contribution in [3.8, 4) is 0 Å². The minimum absolute atomic E-state index is 0.0971. The lowest BCUT2D eigenvalue weighted by Gasteiger charge is -2.14. The molecule has 1 amide bonds. The van der Waals surface area contributed by atoms with Gasteiger partial charge in [0.1, 0.15) is 5.69 Å². The van der Waals surface area contributed by atoms with E-state index in [9.17, 15) is 4.79 Å². The highest BCUT2D eigenvalue weighted by molar-refractivity contribution is 5.92. The molecule has 1 aromatic heterocycles. The van der Waals surface area contributed by atoms with E-state index in [0.29, 0.717) is 12.2 Å². The molecule has 0 bridgehead atoms. The van der Waals surface area contributed by atoms with Crippen molar-refractivity contribution in [3.63, 3.8) is 0 Å². The van der Waals surface area contributed by atoms with Crippen LogP contribution in [0.4, 0.5) is 0 Å². The predicted octanol–water partition coefficient (Wildman–Crippen LogP) is 1.12. The molecule has 2 heterocycles. The minimum Gasteiger partial charge on any atom is -0.350 e. The third-order valence-electron chi connectivity index (χ3n) is 2.79. The van der Waals surface area contributed by atoms with Gasteiger partial charge in [0.15, 0.2) is 0 Å². The lowest BCUT2D eigenvalue weighted by atomic mass is 10.1. The summed E-state index contributed by atoms with van der Waals surface area (Å²) in [5.41, 5.74) is 1.90. The Morgan fingerprint density at radius 3 is 3.12 bits per heavy atom. The smallest absolute Gasteiger partial charge is 0.269 e. The fraction of sp³-hybridized carbons (Fsp3) is 0.385. The number of hydrogen-bond acceptors (Lipinski definition) is 3. The first-order valence-corrected chi connectivity index (χ1v) is 5.94. The van der Waals surface area contributed by atoms with E-state index in [1.807, 2.05) is 6.07 Å². The standard InChI is InChI=1S/C13H17N3O/c17-13(12-3-1-2-7-15-12)16-10-6-11-4-8-14-9-5-11/h1-4,7,14H,5-6,8-10H2,(H,16,17). The highest BCUT2D eigenvalue weighted by atomic mass is 16.1. The van der Waals surface area contributed by atoms with Crippen LogP contribution >= 0.6 is 0 Å². The van der Waals surface area contributed by atoms with Crippen LogP contribution in [0.5, 0.6) is 0 Å². The molecule has 0 saturated carbocycles. The van der Waals surface area contributed by atoms with Crippen molar-refractivity contribution in [3.05, 3.63) is 41.7 Å². The summed E-state index contributed by atoms with van der Waals surface area (Å²) in [6.45, 7) is 2.67. The number of carbonyl (C=O) groups is 1. The Morgan fingerprint density at radius 2 is 2.41 bits per heavy atom. The summed E-state index contributed by atoms with van der Waals surface area (Å²) in [4.78, 5) is 15.7. The molecule has 2 rings (SSSR count). The van der Waals surface area contributed by atoms with Gasteiger partial charge < -0.3 is 10.6 Å². The molecule has 1 aliphatic heterocycles. The van der Waals surface area contributed by atoms with Crippen LogP contribution in [0.2, 0.25) is 0 Å².